The molecule has 2 N–H and O–H groups in total. The van der Waals surface area contributed by atoms with Gasteiger partial charge in [0, 0.05) is 25.4 Å². The van der Waals surface area contributed by atoms with Crippen LogP contribution in [0.25, 0.3) is 0 Å². The number of fused-ring (bicyclic) bond motifs is 1. The molecule has 4 nitrogen and oxygen atoms in total. The smallest absolute Gasteiger partial charge is 0.308 e. The monoisotopic (exact) mass is 261 g/mol. The number of hydrogen-bond donors (Lipinski definition) is 2. The van der Waals surface area contributed by atoms with E-state index in [0.717, 1.165) is 17.7 Å². The molecule has 1 saturated heterocycles. The Kier molecular flexibility index (Phi) is 2.78. The zero-order chi connectivity index (χ0) is 13.6. The summed E-state index contributed by atoms with van der Waals surface area (Å²) in [4.78, 5) is 11.3. The van der Waals surface area contributed by atoms with Crippen LogP contribution in [0.4, 0.5) is 0 Å². The first-order valence-corrected chi connectivity index (χ1v) is 6.72. The number of para-hydroxylation sites is 1. The van der Waals surface area contributed by atoms with Crippen LogP contribution in [0.5, 0.6) is 5.75 Å². The Hall–Kier alpha value is -1.55. The molecule has 4 heteroatoms. The number of hydrogen-bond acceptors (Lipinski definition) is 3. The number of benzene rings is 1. The van der Waals surface area contributed by atoms with E-state index in [4.69, 9.17) is 4.74 Å². The van der Waals surface area contributed by atoms with Gasteiger partial charge in [0.25, 0.3) is 0 Å². The number of carboxylic acids is 1. The van der Waals surface area contributed by atoms with Gasteiger partial charge in [-0.1, -0.05) is 18.2 Å². The minimum Gasteiger partial charge on any atom is -0.487 e. The van der Waals surface area contributed by atoms with E-state index in [1.54, 1.807) is 0 Å². The zero-order valence-electron chi connectivity index (χ0n) is 11.3. The highest BCUT2D eigenvalue weighted by molar-refractivity contribution is 5.73. The second kappa shape index (κ2) is 4.23. The quantitative estimate of drug-likeness (QED) is 0.852. The van der Waals surface area contributed by atoms with Crippen LogP contribution in [0.2, 0.25) is 0 Å². The fourth-order valence-corrected chi connectivity index (χ4v) is 3.20. The summed E-state index contributed by atoms with van der Waals surface area (Å²) < 4.78 is 6.05. The molecule has 19 heavy (non-hydrogen) atoms. The maximum Gasteiger partial charge on any atom is 0.308 e. The SMILES string of the molecule is CC1(C)Cc2cccc(C3CNCC3C(=O)O)c2O1. The first-order valence-electron chi connectivity index (χ1n) is 6.72. The fourth-order valence-electron chi connectivity index (χ4n) is 3.20. The third-order valence-electron chi connectivity index (χ3n) is 4.05. The number of ether oxygens (including phenoxy) is 1. The van der Waals surface area contributed by atoms with Gasteiger partial charge in [0.05, 0.1) is 5.92 Å². The molecule has 1 aromatic carbocycles. The van der Waals surface area contributed by atoms with Crippen molar-refractivity contribution in [2.45, 2.75) is 31.8 Å². The Morgan fingerprint density at radius 3 is 2.95 bits per heavy atom. The molecular weight excluding hydrogens is 242 g/mol. The second-order valence-electron chi connectivity index (χ2n) is 6.08. The Morgan fingerprint density at radius 1 is 1.42 bits per heavy atom. The molecule has 0 aliphatic carbocycles. The van der Waals surface area contributed by atoms with Gasteiger partial charge >= 0.3 is 5.97 Å². The van der Waals surface area contributed by atoms with Crippen molar-refractivity contribution < 1.29 is 14.6 Å². The molecule has 2 aliphatic rings. The summed E-state index contributed by atoms with van der Waals surface area (Å²) in [5, 5.41) is 12.5. The van der Waals surface area contributed by atoms with E-state index in [9.17, 15) is 9.90 Å². The maximum absolute atomic E-state index is 11.3. The lowest BCUT2D eigenvalue weighted by Gasteiger charge is -2.21. The first-order chi connectivity index (χ1) is 8.98. The van der Waals surface area contributed by atoms with Crippen molar-refractivity contribution >= 4 is 5.97 Å². The lowest BCUT2D eigenvalue weighted by molar-refractivity contribution is -0.141. The van der Waals surface area contributed by atoms with Crippen LogP contribution in [0.15, 0.2) is 18.2 Å². The van der Waals surface area contributed by atoms with Crippen molar-refractivity contribution in [3.05, 3.63) is 29.3 Å². The predicted octanol–water partition coefficient (Wildman–Crippen LogP) is 1.79. The van der Waals surface area contributed by atoms with Gasteiger partial charge in [-0.05, 0) is 25.0 Å². The predicted molar refractivity (Wildman–Crippen MR) is 71.6 cm³/mol. The molecule has 2 heterocycles. The van der Waals surface area contributed by atoms with Gasteiger partial charge in [-0.25, -0.2) is 0 Å². The molecule has 0 spiro atoms. The Balaban J connectivity index is 1.99. The molecule has 0 amide bonds. The van der Waals surface area contributed by atoms with Gasteiger partial charge in [-0.3, -0.25) is 4.79 Å². The molecule has 102 valence electrons. The molecule has 3 rings (SSSR count). The van der Waals surface area contributed by atoms with E-state index >= 15 is 0 Å². The van der Waals surface area contributed by atoms with Crippen molar-refractivity contribution in [1.29, 1.82) is 0 Å². The summed E-state index contributed by atoms with van der Waals surface area (Å²) in [5.74, 6) is -0.183. The van der Waals surface area contributed by atoms with E-state index in [2.05, 4.69) is 25.2 Å². The number of carbonyl (C=O) groups is 1. The second-order valence-corrected chi connectivity index (χ2v) is 6.08. The van der Waals surface area contributed by atoms with Crippen molar-refractivity contribution in [2.24, 2.45) is 5.92 Å². The molecule has 0 aromatic heterocycles. The number of nitrogens with one attached hydrogen (secondary N) is 1. The maximum atomic E-state index is 11.3. The van der Waals surface area contributed by atoms with Crippen molar-refractivity contribution in [3.63, 3.8) is 0 Å². The summed E-state index contributed by atoms with van der Waals surface area (Å²) in [6, 6.07) is 6.09. The summed E-state index contributed by atoms with van der Waals surface area (Å²) >= 11 is 0. The number of carboxylic acid groups (broad SMARTS) is 1. The van der Waals surface area contributed by atoms with Gasteiger partial charge in [-0.15, -0.1) is 0 Å². The average Bonchev–Trinajstić information content (AvgIpc) is 2.89. The lowest BCUT2D eigenvalue weighted by atomic mass is 9.87. The molecule has 2 atom stereocenters. The topological polar surface area (TPSA) is 58.6 Å². The Bertz CT molecular complexity index is 524. The normalized spacial score (nSPS) is 27.9. The lowest BCUT2D eigenvalue weighted by Crippen LogP contribution is -2.25. The van der Waals surface area contributed by atoms with Crippen molar-refractivity contribution in [3.8, 4) is 5.75 Å². The van der Waals surface area contributed by atoms with Crippen molar-refractivity contribution in [2.75, 3.05) is 13.1 Å². The van der Waals surface area contributed by atoms with E-state index in [1.165, 1.54) is 5.56 Å². The molecule has 0 saturated carbocycles. The zero-order valence-corrected chi connectivity index (χ0v) is 11.3. The van der Waals surface area contributed by atoms with Crippen LogP contribution in [0.3, 0.4) is 0 Å². The van der Waals surface area contributed by atoms with E-state index in [-0.39, 0.29) is 17.4 Å². The van der Waals surface area contributed by atoms with Crippen LogP contribution in [-0.4, -0.2) is 29.8 Å². The summed E-state index contributed by atoms with van der Waals surface area (Å²) in [7, 11) is 0. The molecule has 0 radical (unpaired) electrons. The minimum absolute atomic E-state index is 0.00125. The first kappa shape index (κ1) is 12.5. The summed E-state index contributed by atoms with van der Waals surface area (Å²) in [5.41, 5.74) is 2.04. The minimum atomic E-state index is -0.732. The van der Waals surface area contributed by atoms with Crippen LogP contribution in [0.1, 0.15) is 30.9 Å². The third-order valence-corrected chi connectivity index (χ3v) is 4.05. The third kappa shape index (κ3) is 2.10. The van der Waals surface area contributed by atoms with Crippen LogP contribution < -0.4 is 10.1 Å². The Labute approximate surface area is 112 Å². The van der Waals surface area contributed by atoms with Crippen LogP contribution in [0, 0.1) is 5.92 Å². The van der Waals surface area contributed by atoms with Crippen LogP contribution >= 0.6 is 0 Å². The highest BCUT2D eigenvalue weighted by Crippen LogP contribution is 2.43. The van der Waals surface area contributed by atoms with E-state index in [1.807, 2.05) is 12.1 Å². The van der Waals surface area contributed by atoms with Gasteiger partial charge in [0.1, 0.15) is 11.4 Å². The highest BCUT2D eigenvalue weighted by Gasteiger charge is 2.39. The largest absolute Gasteiger partial charge is 0.487 e. The molecular formula is C15H19NO3. The molecule has 0 bridgehead atoms. The van der Waals surface area contributed by atoms with Gasteiger partial charge in [-0.2, -0.15) is 0 Å². The van der Waals surface area contributed by atoms with E-state index in [0.29, 0.717) is 13.1 Å². The molecule has 1 fully saturated rings. The fraction of sp³-hybridized carbons (Fsp3) is 0.533. The molecule has 2 unspecified atom stereocenters. The molecule has 1 aromatic rings. The highest BCUT2D eigenvalue weighted by atomic mass is 16.5. The van der Waals surface area contributed by atoms with Crippen LogP contribution in [-0.2, 0) is 11.2 Å². The van der Waals surface area contributed by atoms with Crippen molar-refractivity contribution in [1.82, 2.24) is 5.32 Å². The number of rotatable bonds is 2. The number of aliphatic carboxylic acids is 1. The van der Waals surface area contributed by atoms with Gasteiger partial charge < -0.3 is 15.2 Å². The summed E-state index contributed by atoms with van der Waals surface area (Å²) in [6.07, 6.45) is 0.883. The van der Waals surface area contributed by atoms with Gasteiger partial charge in [0.2, 0.25) is 0 Å². The standard InChI is InChI=1S/C15H19NO3/c1-15(2)6-9-4-3-5-10(13(9)19-15)11-7-16-8-12(11)14(17)18/h3-5,11-12,16H,6-8H2,1-2H3,(H,17,18). The summed E-state index contributed by atoms with van der Waals surface area (Å²) in [6.45, 7) is 5.38. The Morgan fingerprint density at radius 2 is 2.21 bits per heavy atom. The average molecular weight is 261 g/mol. The van der Waals surface area contributed by atoms with Gasteiger partial charge in [0.15, 0.2) is 0 Å². The van der Waals surface area contributed by atoms with E-state index < -0.39 is 5.97 Å². The molecule has 2 aliphatic heterocycles.